The van der Waals surface area contributed by atoms with Crippen molar-refractivity contribution in [2.45, 2.75) is 59.0 Å². The molecule has 19 heavy (non-hydrogen) atoms. The van der Waals surface area contributed by atoms with Crippen LogP contribution in [0.1, 0.15) is 52.0 Å². The molecule has 1 N–H and O–H groups in total. The van der Waals surface area contributed by atoms with Crippen molar-refractivity contribution in [3.8, 4) is 5.75 Å². The van der Waals surface area contributed by atoms with Gasteiger partial charge >= 0.3 is 0 Å². The molecule has 0 heterocycles. The molecule has 0 aliphatic heterocycles. The molecule has 0 spiro atoms. The lowest BCUT2D eigenvalue weighted by Crippen LogP contribution is -2.31. The molecule has 1 unspecified atom stereocenters. The number of benzene rings is 1. The van der Waals surface area contributed by atoms with Gasteiger partial charge in [0, 0.05) is 6.54 Å². The summed E-state index contributed by atoms with van der Waals surface area (Å²) in [6.45, 7) is 8.59. The van der Waals surface area contributed by atoms with Crippen LogP contribution in [0.5, 0.6) is 5.75 Å². The molecule has 0 saturated carbocycles. The molecule has 108 valence electrons. The minimum absolute atomic E-state index is 0.271. The van der Waals surface area contributed by atoms with Gasteiger partial charge in [-0.05, 0) is 49.9 Å². The van der Waals surface area contributed by atoms with Crippen LogP contribution in [-0.4, -0.2) is 19.2 Å². The summed E-state index contributed by atoms with van der Waals surface area (Å²) >= 11 is 0. The van der Waals surface area contributed by atoms with Crippen molar-refractivity contribution in [2.24, 2.45) is 0 Å². The second-order valence-corrected chi connectivity index (χ2v) is 5.10. The van der Waals surface area contributed by atoms with Gasteiger partial charge in [-0.15, -0.1) is 0 Å². The van der Waals surface area contributed by atoms with E-state index in [4.69, 9.17) is 4.74 Å². The van der Waals surface area contributed by atoms with Crippen molar-refractivity contribution in [2.75, 3.05) is 13.1 Å². The molecular weight excluding hydrogens is 234 g/mol. The van der Waals surface area contributed by atoms with Crippen LogP contribution in [0.4, 0.5) is 0 Å². The Morgan fingerprint density at radius 2 is 1.79 bits per heavy atom. The van der Waals surface area contributed by atoms with E-state index in [0.717, 1.165) is 25.3 Å². The summed E-state index contributed by atoms with van der Waals surface area (Å²) in [6.07, 6.45) is 6.16. The minimum Gasteiger partial charge on any atom is -0.489 e. The maximum atomic E-state index is 6.01. The second-order valence-electron chi connectivity index (χ2n) is 5.10. The largest absolute Gasteiger partial charge is 0.489 e. The Morgan fingerprint density at radius 3 is 2.37 bits per heavy atom. The average molecular weight is 263 g/mol. The molecule has 2 heteroatoms. The van der Waals surface area contributed by atoms with E-state index in [-0.39, 0.29) is 6.10 Å². The number of nitrogens with one attached hydrogen (secondary N) is 1. The van der Waals surface area contributed by atoms with Crippen LogP contribution in [0.3, 0.4) is 0 Å². The Kier molecular flexibility index (Phi) is 8.31. The Bertz CT molecular complexity index is 321. The van der Waals surface area contributed by atoms with Gasteiger partial charge in [-0.25, -0.2) is 0 Å². The van der Waals surface area contributed by atoms with Crippen LogP contribution < -0.4 is 10.1 Å². The predicted molar refractivity (Wildman–Crippen MR) is 82.9 cm³/mol. The summed E-state index contributed by atoms with van der Waals surface area (Å²) in [5, 5.41) is 3.42. The maximum Gasteiger partial charge on any atom is 0.119 e. The quantitative estimate of drug-likeness (QED) is 0.639. The lowest BCUT2D eigenvalue weighted by atomic mass is 10.1. The van der Waals surface area contributed by atoms with Gasteiger partial charge in [0.2, 0.25) is 0 Å². The smallest absolute Gasteiger partial charge is 0.119 e. The minimum atomic E-state index is 0.271. The fourth-order valence-electron chi connectivity index (χ4n) is 2.02. The molecule has 2 nitrogen and oxygen atoms in total. The van der Waals surface area contributed by atoms with Crippen molar-refractivity contribution in [3.05, 3.63) is 29.8 Å². The molecule has 0 aliphatic carbocycles. The molecular formula is C17H29NO. The van der Waals surface area contributed by atoms with Crippen LogP contribution in [-0.2, 0) is 6.42 Å². The van der Waals surface area contributed by atoms with Gasteiger partial charge in [-0.1, -0.05) is 39.3 Å². The predicted octanol–water partition coefficient (Wildman–Crippen LogP) is 4.19. The van der Waals surface area contributed by atoms with Gasteiger partial charge in [-0.2, -0.15) is 0 Å². The van der Waals surface area contributed by atoms with Crippen LogP contribution in [0, 0.1) is 0 Å². The molecule has 0 saturated heterocycles. The molecule has 0 amide bonds. The average Bonchev–Trinajstić information content (AvgIpc) is 2.45. The lowest BCUT2D eigenvalue weighted by molar-refractivity contribution is 0.193. The number of ether oxygens (including phenoxy) is 1. The first kappa shape index (κ1) is 16.0. The highest BCUT2D eigenvalue weighted by atomic mass is 16.5. The number of unbranched alkanes of at least 4 members (excludes halogenated alkanes) is 1. The normalized spacial score (nSPS) is 12.4. The standard InChI is InChI=1S/C17H29NO/c1-4-7-8-15-9-11-17(12-10-15)19-16(6-3)14-18-13-5-2/h9-12,16,18H,4-8,13-14H2,1-3H3. The Labute approximate surface area is 118 Å². The van der Waals surface area contributed by atoms with E-state index in [1.807, 2.05) is 0 Å². The zero-order valence-corrected chi connectivity index (χ0v) is 12.7. The lowest BCUT2D eigenvalue weighted by Gasteiger charge is -2.18. The zero-order chi connectivity index (χ0) is 13.9. The van der Waals surface area contributed by atoms with Crippen molar-refractivity contribution < 1.29 is 4.74 Å². The highest BCUT2D eigenvalue weighted by Gasteiger charge is 2.07. The molecule has 1 aromatic carbocycles. The van der Waals surface area contributed by atoms with Crippen LogP contribution in [0.15, 0.2) is 24.3 Å². The zero-order valence-electron chi connectivity index (χ0n) is 12.7. The second kappa shape index (κ2) is 9.85. The summed E-state index contributed by atoms with van der Waals surface area (Å²) in [4.78, 5) is 0. The third kappa shape index (κ3) is 6.63. The first-order valence-electron chi connectivity index (χ1n) is 7.76. The van der Waals surface area contributed by atoms with Crippen LogP contribution in [0.2, 0.25) is 0 Å². The summed E-state index contributed by atoms with van der Waals surface area (Å²) < 4.78 is 6.01. The fraction of sp³-hybridized carbons (Fsp3) is 0.647. The number of hydrogen-bond donors (Lipinski definition) is 1. The van der Waals surface area contributed by atoms with E-state index < -0.39 is 0 Å². The van der Waals surface area contributed by atoms with E-state index in [1.54, 1.807) is 0 Å². The van der Waals surface area contributed by atoms with Crippen molar-refractivity contribution in [1.82, 2.24) is 5.32 Å². The molecule has 0 aromatic heterocycles. The Morgan fingerprint density at radius 1 is 1.05 bits per heavy atom. The summed E-state index contributed by atoms with van der Waals surface area (Å²) in [5.41, 5.74) is 1.41. The van der Waals surface area contributed by atoms with Crippen molar-refractivity contribution in [3.63, 3.8) is 0 Å². The molecule has 1 atom stereocenters. The number of hydrogen-bond acceptors (Lipinski definition) is 2. The molecule has 0 bridgehead atoms. The topological polar surface area (TPSA) is 21.3 Å². The first-order chi connectivity index (χ1) is 9.30. The SMILES string of the molecule is CCCCc1ccc(OC(CC)CNCCC)cc1. The van der Waals surface area contributed by atoms with E-state index in [9.17, 15) is 0 Å². The van der Waals surface area contributed by atoms with Gasteiger partial charge in [0.05, 0.1) is 0 Å². The molecule has 1 rings (SSSR count). The van der Waals surface area contributed by atoms with E-state index >= 15 is 0 Å². The number of rotatable bonds is 10. The van der Waals surface area contributed by atoms with Crippen LogP contribution >= 0.6 is 0 Å². The number of aryl methyl sites for hydroxylation is 1. The highest BCUT2D eigenvalue weighted by molar-refractivity contribution is 5.27. The third-order valence-electron chi connectivity index (χ3n) is 3.30. The summed E-state index contributed by atoms with van der Waals surface area (Å²) in [6, 6.07) is 8.59. The molecule has 1 aromatic rings. The van der Waals surface area contributed by atoms with E-state index in [0.29, 0.717) is 0 Å². The van der Waals surface area contributed by atoms with Gasteiger partial charge < -0.3 is 10.1 Å². The summed E-state index contributed by atoms with van der Waals surface area (Å²) in [7, 11) is 0. The van der Waals surface area contributed by atoms with E-state index in [2.05, 4.69) is 50.4 Å². The van der Waals surface area contributed by atoms with Crippen molar-refractivity contribution in [1.29, 1.82) is 0 Å². The first-order valence-corrected chi connectivity index (χ1v) is 7.76. The summed E-state index contributed by atoms with van der Waals surface area (Å²) in [5.74, 6) is 0.991. The van der Waals surface area contributed by atoms with Gasteiger partial charge in [-0.3, -0.25) is 0 Å². The van der Waals surface area contributed by atoms with Gasteiger partial charge in [0.25, 0.3) is 0 Å². The molecule has 0 fully saturated rings. The maximum absolute atomic E-state index is 6.01. The Hall–Kier alpha value is -1.02. The molecule has 0 radical (unpaired) electrons. The van der Waals surface area contributed by atoms with Crippen molar-refractivity contribution >= 4 is 0 Å². The third-order valence-corrected chi connectivity index (χ3v) is 3.30. The van der Waals surface area contributed by atoms with Gasteiger partial charge in [0.1, 0.15) is 11.9 Å². The van der Waals surface area contributed by atoms with Gasteiger partial charge in [0.15, 0.2) is 0 Å². The fourth-order valence-corrected chi connectivity index (χ4v) is 2.02. The highest BCUT2D eigenvalue weighted by Crippen LogP contribution is 2.16. The van der Waals surface area contributed by atoms with E-state index in [1.165, 1.54) is 31.2 Å². The molecule has 0 aliphatic rings. The monoisotopic (exact) mass is 263 g/mol. The Balaban J connectivity index is 2.41. The van der Waals surface area contributed by atoms with Crippen LogP contribution in [0.25, 0.3) is 0 Å².